The van der Waals surface area contributed by atoms with Crippen molar-refractivity contribution in [2.75, 3.05) is 0 Å². The molecule has 1 heterocycles. The molecule has 180 valence electrons. The summed E-state index contributed by atoms with van der Waals surface area (Å²) in [6, 6.07) is 14.3. The summed E-state index contributed by atoms with van der Waals surface area (Å²) >= 11 is 12.5. The molecule has 1 aliphatic heterocycles. The number of carbonyl (C=O) groups is 3. The highest BCUT2D eigenvalue weighted by Gasteiger charge is 2.52. The number of carboxylic acid groups (broad SMARTS) is 1. The number of likely N-dealkylation sites (tertiary alicyclic amines) is 1. The van der Waals surface area contributed by atoms with Crippen LogP contribution in [0.5, 0.6) is 0 Å². The van der Waals surface area contributed by atoms with Crippen LogP contribution in [-0.2, 0) is 14.4 Å². The van der Waals surface area contributed by atoms with Crippen LogP contribution in [-0.4, -0.2) is 34.2 Å². The summed E-state index contributed by atoms with van der Waals surface area (Å²) in [6.45, 7) is 1.74. The normalized spacial score (nSPS) is 25.7. The van der Waals surface area contributed by atoms with E-state index in [-0.39, 0.29) is 36.8 Å². The van der Waals surface area contributed by atoms with Crippen molar-refractivity contribution in [1.82, 2.24) is 4.90 Å². The largest absolute Gasteiger partial charge is 0.481 e. The van der Waals surface area contributed by atoms with Gasteiger partial charge < -0.3 is 14.8 Å². The molecule has 1 amide bonds. The highest BCUT2D eigenvalue weighted by atomic mass is 35.5. The van der Waals surface area contributed by atoms with Crippen LogP contribution in [0.1, 0.15) is 68.5 Å². The average Bonchev–Trinajstić information content (AvgIpc) is 3.59. The Labute approximate surface area is 210 Å². The number of halogens is 2. The maximum absolute atomic E-state index is 14.1. The Hall–Kier alpha value is -2.37. The van der Waals surface area contributed by atoms with E-state index in [1.54, 1.807) is 25.1 Å². The van der Waals surface area contributed by atoms with E-state index >= 15 is 0 Å². The predicted octanol–water partition coefficient (Wildman–Crippen LogP) is 6.29. The molecule has 0 radical (unpaired) electrons. The summed E-state index contributed by atoms with van der Waals surface area (Å²) in [7, 11) is 0. The smallest absolute Gasteiger partial charge is 0.304 e. The van der Waals surface area contributed by atoms with Crippen LogP contribution in [0, 0.1) is 11.3 Å². The van der Waals surface area contributed by atoms with Crippen molar-refractivity contribution in [3.05, 3.63) is 69.7 Å². The number of carbonyl (C=O) groups excluding carboxylic acids is 2. The summed E-state index contributed by atoms with van der Waals surface area (Å²) < 4.78 is 0. The Bertz CT molecular complexity index is 1070. The Morgan fingerprint density at radius 2 is 1.85 bits per heavy atom. The van der Waals surface area contributed by atoms with Gasteiger partial charge in [-0.25, -0.2) is 0 Å². The van der Waals surface area contributed by atoms with Gasteiger partial charge in [0.1, 0.15) is 6.29 Å². The molecule has 0 spiro atoms. The summed E-state index contributed by atoms with van der Waals surface area (Å²) in [5, 5.41) is 10.9. The average molecular weight is 502 g/mol. The predicted molar refractivity (Wildman–Crippen MR) is 132 cm³/mol. The van der Waals surface area contributed by atoms with Crippen molar-refractivity contribution >= 4 is 41.4 Å². The first-order chi connectivity index (χ1) is 16.2. The number of piperidine rings is 1. The van der Waals surface area contributed by atoms with E-state index < -0.39 is 11.4 Å². The van der Waals surface area contributed by atoms with Gasteiger partial charge in [-0.05, 0) is 54.2 Å². The Kier molecular flexibility index (Phi) is 7.34. The molecular weight excluding hydrogens is 473 g/mol. The fraction of sp³-hybridized carbons (Fsp3) is 0.444. The zero-order chi connectivity index (χ0) is 24.5. The number of rotatable bonds is 9. The Morgan fingerprint density at radius 1 is 1.15 bits per heavy atom. The maximum Gasteiger partial charge on any atom is 0.304 e. The lowest BCUT2D eigenvalue weighted by atomic mass is 9.67. The second-order valence-corrected chi connectivity index (χ2v) is 10.8. The van der Waals surface area contributed by atoms with Gasteiger partial charge in [0.15, 0.2) is 0 Å². The van der Waals surface area contributed by atoms with E-state index in [2.05, 4.69) is 0 Å². The van der Waals surface area contributed by atoms with E-state index in [0.717, 1.165) is 36.7 Å². The third-order valence-corrected chi connectivity index (χ3v) is 7.68. The lowest BCUT2D eigenvalue weighted by molar-refractivity contribution is -0.161. The molecule has 4 unspecified atom stereocenters. The minimum Gasteiger partial charge on any atom is -0.481 e. The van der Waals surface area contributed by atoms with Crippen molar-refractivity contribution in [3.63, 3.8) is 0 Å². The van der Waals surface area contributed by atoms with Gasteiger partial charge >= 0.3 is 5.97 Å². The zero-order valence-corrected chi connectivity index (χ0v) is 20.6. The van der Waals surface area contributed by atoms with Crippen LogP contribution in [0.4, 0.5) is 0 Å². The van der Waals surface area contributed by atoms with Crippen LogP contribution >= 0.6 is 23.2 Å². The fourth-order valence-electron chi connectivity index (χ4n) is 5.45. The first-order valence-electron chi connectivity index (χ1n) is 11.7. The summed E-state index contributed by atoms with van der Waals surface area (Å²) in [5.41, 5.74) is 0.747. The van der Waals surface area contributed by atoms with Crippen molar-refractivity contribution in [3.8, 4) is 0 Å². The number of aldehydes is 1. The summed E-state index contributed by atoms with van der Waals surface area (Å²) in [6.07, 6.45) is 4.10. The third-order valence-electron chi connectivity index (χ3n) is 7.20. The lowest BCUT2D eigenvalue weighted by Gasteiger charge is -2.52. The Balaban J connectivity index is 1.89. The summed E-state index contributed by atoms with van der Waals surface area (Å²) in [5.74, 6) is -0.934. The van der Waals surface area contributed by atoms with Gasteiger partial charge in [-0.2, -0.15) is 0 Å². The molecule has 4 atom stereocenters. The first-order valence-corrected chi connectivity index (χ1v) is 12.5. The molecule has 7 heteroatoms. The van der Waals surface area contributed by atoms with Crippen molar-refractivity contribution in [2.45, 2.75) is 63.5 Å². The number of nitrogens with zero attached hydrogens (tertiary/aromatic N) is 1. The standard InChI is InChI=1S/C27H29Cl2NO4/c1-27(16-24(32)33)15-23(19-3-2-4-21(29)14-19)25(18-7-9-20(28)10-8-18)30(26(27)34)22(11-12-31)13-17-5-6-17/h2-4,7-10,12,14,17,22-23,25H,5-6,11,13,15-16H2,1H3,(H,32,33). The molecule has 4 rings (SSSR count). The molecule has 1 saturated heterocycles. The van der Waals surface area contributed by atoms with Crippen LogP contribution < -0.4 is 0 Å². The second-order valence-electron chi connectivity index (χ2n) is 9.94. The highest BCUT2D eigenvalue weighted by molar-refractivity contribution is 6.30. The van der Waals surface area contributed by atoms with Crippen molar-refractivity contribution < 1.29 is 19.5 Å². The van der Waals surface area contributed by atoms with E-state index in [1.165, 1.54) is 0 Å². The minimum absolute atomic E-state index is 0.199. The van der Waals surface area contributed by atoms with Crippen molar-refractivity contribution in [2.24, 2.45) is 11.3 Å². The number of hydrogen-bond donors (Lipinski definition) is 1. The number of hydrogen-bond acceptors (Lipinski definition) is 3. The number of aliphatic carboxylic acids is 1. The molecule has 2 aliphatic rings. The van der Waals surface area contributed by atoms with Gasteiger partial charge in [0, 0.05) is 28.4 Å². The highest BCUT2D eigenvalue weighted by Crippen LogP contribution is 2.53. The van der Waals surface area contributed by atoms with Gasteiger partial charge in [-0.15, -0.1) is 0 Å². The van der Waals surface area contributed by atoms with Crippen LogP contribution in [0.25, 0.3) is 0 Å². The van der Waals surface area contributed by atoms with E-state index in [4.69, 9.17) is 23.2 Å². The molecule has 0 aromatic heterocycles. The second kappa shape index (κ2) is 10.1. The number of carboxylic acids is 1. The minimum atomic E-state index is -1.10. The van der Waals surface area contributed by atoms with Crippen LogP contribution in [0.15, 0.2) is 48.5 Å². The molecule has 5 nitrogen and oxygen atoms in total. The first kappa shape index (κ1) is 24.7. The Morgan fingerprint density at radius 3 is 2.44 bits per heavy atom. The van der Waals surface area contributed by atoms with Gasteiger partial charge in [-0.1, -0.05) is 67.2 Å². The van der Waals surface area contributed by atoms with Crippen LogP contribution in [0.2, 0.25) is 10.0 Å². The topological polar surface area (TPSA) is 74.7 Å². The zero-order valence-electron chi connectivity index (χ0n) is 19.1. The molecule has 1 saturated carbocycles. The molecular formula is C27H29Cl2NO4. The molecule has 1 aliphatic carbocycles. The van der Waals surface area contributed by atoms with Gasteiger partial charge in [-0.3, -0.25) is 9.59 Å². The molecule has 2 aromatic rings. The molecule has 1 N–H and O–H groups in total. The molecule has 2 aromatic carbocycles. The molecule has 0 bridgehead atoms. The van der Waals surface area contributed by atoms with Gasteiger partial charge in [0.05, 0.1) is 17.9 Å². The van der Waals surface area contributed by atoms with Crippen molar-refractivity contribution in [1.29, 1.82) is 0 Å². The number of benzene rings is 2. The maximum atomic E-state index is 14.1. The molecule has 2 fully saturated rings. The third kappa shape index (κ3) is 5.31. The van der Waals surface area contributed by atoms with E-state index in [1.807, 2.05) is 35.2 Å². The quantitative estimate of drug-likeness (QED) is 0.409. The van der Waals surface area contributed by atoms with Crippen LogP contribution in [0.3, 0.4) is 0 Å². The van der Waals surface area contributed by atoms with Gasteiger partial charge in [0.2, 0.25) is 5.91 Å². The summed E-state index contributed by atoms with van der Waals surface area (Å²) in [4.78, 5) is 39.5. The monoisotopic (exact) mass is 501 g/mol. The fourth-order valence-corrected chi connectivity index (χ4v) is 5.78. The van der Waals surface area contributed by atoms with E-state index in [9.17, 15) is 19.5 Å². The SMILES string of the molecule is CC1(CC(=O)O)CC(c2cccc(Cl)c2)C(c2ccc(Cl)cc2)N(C(CC=O)CC2CC2)C1=O. The lowest BCUT2D eigenvalue weighted by Crippen LogP contribution is -2.56. The number of amides is 1. The van der Waals surface area contributed by atoms with E-state index in [0.29, 0.717) is 22.4 Å². The van der Waals surface area contributed by atoms with Gasteiger partial charge in [0.25, 0.3) is 0 Å². The molecule has 34 heavy (non-hydrogen) atoms.